The van der Waals surface area contributed by atoms with E-state index in [1.165, 1.54) is 0 Å². The Bertz CT molecular complexity index is 984. The van der Waals surface area contributed by atoms with Crippen LogP contribution in [-0.2, 0) is 15.2 Å². The standard InChI is InChI=1S/C22H22ClN3O4/c23-15-7-5-14(6-8-15)22(30)9-11-26(12-10-22)19(27)13-18-21(29)24-17-4-2-1-3-16(17)20(28)25-18/h1-8,18,30H,9-13H2,(H,24,29)(H,25,28). The Morgan fingerprint density at radius 1 is 1.10 bits per heavy atom. The molecule has 2 aliphatic heterocycles. The minimum absolute atomic E-state index is 0.134. The molecular weight excluding hydrogens is 406 g/mol. The first-order chi connectivity index (χ1) is 14.4. The van der Waals surface area contributed by atoms with Gasteiger partial charge in [0.25, 0.3) is 5.91 Å². The highest BCUT2D eigenvalue weighted by Gasteiger charge is 2.37. The van der Waals surface area contributed by atoms with Gasteiger partial charge in [-0.3, -0.25) is 14.4 Å². The molecule has 2 heterocycles. The molecule has 2 aromatic carbocycles. The lowest BCUT2D eigenvalue weighted by Gasteiger charge is -2.39. The van der Waals surface area contributed by atoms with E-state index >= 15 is 0 Å². The van der Waals surface area contributed by atoms with E-state index in [1.54, 1.807) is 53.4 Å². The van der Waals surface area contributed by atoms with Gasteiger partial charge in [0.15, 0.2) is 0 Å². The Labute approximate surface area is 179 Å². The van der Waals surface area contributed by atoms with Crippen LogP contribution in [-0.4, -0.2) is 46.9 Å². The van der Waals surface area contributed by atoms with Crippen LogP contribution in [0.1, 0.15) is 35.2 Å². The molecule has 0 spiro atoms. The van der Waals surface area contributed by atoms with Crippen LogP contribution in [0.5, 0.6) is 0 Å². The van der Waals surface area contributed by atoms with Crippen molar-refractivity contribution in [1.82, 2.24) is 10.2 Å². The number of likely N-dealkylation sites (tertiary alicyclic amines) is 1. The summed E-state index contributed by atoms with van der Waals surface area (Å²) in [5, 5.41) is 16.9. The highest BCUT2D eigenvalue weighted by Crippen LogP contribution is 2.33. The fourth-order valence-corrected chi connectivity index (χ4v) is 4.06. The molecule has 0 radical (unpaired) electrons. The van der Waals surface area contributed by atoms with Gasteiger partial charge in [-0.25, -0.2) is 0 Å². The number of amides is 3. The van der Waals surface area contributed by atoms with Gasteiger partial charge in [-0.1, -0.05) is 35.9 Å². The number of aliphatic hydroxyl groups is 1. The fraction of sp³-hybridized carbons (Fsp3) is 0.318. The van der Waals surface area contributed by atoms with E-state index in [2.05, 4.69) is 10.6 Å². The van der Waals surface area contributed by atoms with Crippen LogP contribution in [0, 0.1) is 0 Å². The number of hydrogen-bond donors (Lipinski definition) is 3. The molecule has 0 aliphatic carbocycles. The van der Waals surface area contributed by atoms with E-state index < -0.39 is 23.5 Å². The molecular formula is C22H22ClN3O4. The van der Waals surface area contributed by atoms with Crippen LogP contribution >= 0.6 is 11.6 Å². The van der Waals surface area contributed by atoms with E-state index in [-0.39, 0.29) is 12.3 Å². The average Bonchev–Trinajstić information content (AvgIpc) is 2.85. The maximum absolute atomic E-state index is 12.8. The molecule has 0 saturated carbocycles. The van der Waals surface area contributed by atoms with Gasteiger partial charge in [0.1, 0.15) is 6.04 Å². The van der Waals surface area contributed by atoms with Crippen molar-refractivity contribution in [2.45, 2.75) is 30.9 Å². The normalized spacial score (nSPS) is 20.6. The minimum atomic E-state index is -1.02. The number of para-hydroxylation sites is 1. The van der Waals surface area contributed by atoms with Crippen molar-refractivity contribution >= 4 is 35.0 Å². The molecule has 8 heteroatoms. The Balaban J connectivity index is 1.39. The second kappa shape index (κ2) is 8.08. The summed E-state index contributed by atoms with van der Waals surface area (Å²) in [4.78, 5) is 39.3. The van der Waals surface area contributed by atoms with Gasteiger partial charge in [-0.05, 0) is 42.7 Å². The van der Waals surface area contributed by atoms with Crippen LogP contribution in [0.25, 0.3) is 0 Å². The summed E-state index contributed by atoms with van der Waals surface area (Å²) >= 11 is 5.92. The zero-order valence-electron chi connectivity index (χ0n) is 16.2. The molecule has 156 valence electrons. The number of carbonyl (C=O) groups excluding carboxylic acids is 3. The van der Waals surface area contributed by atoms with Gasteiger partial charge in [0, 0.05) is 18.1 Å². The largest absolute Gasteiger partial charge is 0.385 e. The molecule has 3 amide bonds. The van der Waals surface area contributed by atoms with Gasteiger partial charge < -0.3 is 20.6 Å². The number of halogens is 1. The summed E-state index contributed by atoms with van der Waals surface area (Å²) < 4.78 is 0. The SMILES string of the molecule is O=C1NC(CC(=O)N2CCC(O)(c3ccc(Cl)cc3)CC2)C(=O)Nc2ccccc21. The maximum Gasteiger partial charge on any atom is 0.254 e. The van der Waals surface area contributed by atoms with Crippen molar-refractivity contribution in [2.75, 3.05) is 18.4 Å². The van der Waals surface area contributed by atoms with Crippen molar-refractivity contribution in [3.8, 4) is 0 Å². The lowest BCUT2D eigenvalue weighted by atomic mass is 9.84. The first-order valence-electron chi connectivity index (χ1n) is 9.83. The first-order valence-corrected chi connectivity index (χ1v) is 10.2. The van der Waals surface area contributed by atoms with Crippen molar-refractivity contribution in [3.63, 3.8) is 0 Å². The number of carbonyl (C=O) groups is 3. The first kappa shape index (κ1) is 20.4. The van der Waals surface area contributed by atoms with Gasteiger partial charge in [0.05, 0.1) is 23.3 Å². The number of anilines is 1. The molecule has 30 heavy (non-hydrogen) atoms. The summed E-state index contributed by atoms with van der Waals surface area (Å²) in [6.45, 7) is 0.723. The van der Waals surface area contributed by atoms with Gasteiger partial charge in [-0.15, -0.1) is 0 Å². The fourth-order valence-electron chi connectivity index (χ4n) is 3.93. The Hall–Kier alpha value is -2.90. The monoisotopic (exact) mass is 427 g/mol. The lowest BCUT2D eigenvalue weighted by Crippen LogP contribution is -2.49. The quantitative estimate of drug-likeness (QED) is 0.699. The van der Waals surface area contributed by atoms with Crippen LogP contribution in [0.15, 0.2) is 48.5 Å². The number of fused-ring (bicyclic) bond motifs is 1. The highest BCUT2D eigenvalue weighted by molar-refractivity contribution is 6.30. The Morgan fingerprint density at radius 2 is 1.77 bits per heavy atom. The maximum atomic E-state index is 12.8. The molecule has 2 aromatic rings. The van der Waals surface area contributed by atoms with Crippen molar-refractivity contribution in [1.29, 1.82) is 0 Å². The molecule has 1 saturated heterocycles. The third-order valence-electron chi connectivity index (χ3n) is 5.75. The third-order valence-corrected chi connectivity index (χ3v) is 6.01. The zero-order chi connectivity index (χ0) is 21.3. The molecule has 1 fully saturated rings. The van der Waals surface area contributed by atoms with Gasteiger partial charge in [0.2, 0.25) is 11.8 Å². The Kier molecular flexibility index (Phi) is 5.49. The van der Waals surface area contributed by atoms with Crippen molar-refractivity contribution < 1.29 is 19.5 Å². The molecule has 1 atom stereocenters. The Morgan fingerprint density at radius 3 is 2.47 bits per heavy atom. The number of rotatable bonds is 3. The molecule has 0 aromatic heterocycles. The van der Waals surface area contributed by atoms with Crippen molar-refractivity contribution in [2.24, 2.45) is 0 Å². The molecule has 2 aliphatic rings. The minimum Gasteiger partial charge on any atom is -0.385 e. The van der Waals surface area contributed by atoms with E-state index in [0.29, 0.717) is 42.2 Å². The summed E-state index contributed by atoms with van der Waals surface area (Å²) in [7, 11) is 0. The molecule has 4 rings (SSSR count). The smallest absolute Gasteiger partial charge is 0.254 e. The third kappa shape index (κ3) is 4.04. The van der Waals surface area contributed by atoms with E-state index in [4.69, 9.17) is 11.6 Å². The second-order valence-corrected chi connectivity index (χ2v) is 8.12. The van der Waals surface area contributed by atoms with E-state index in [0.717, 1.165) is 5.56 Å². The van der Waals surface area contributed by atoms with Gasteiger partial charge >= 0.3 is 0 Å². The summed E-state index contributed by atoms with van der Waals surface area (Å²) in [5.74, 6) is -1.05. The van der Waals surface area contributed by atoms with Crippen LogP contribution in [0.3, 0.4) is 0 Å². The average molecular weight is 428 g/mol. The molecule has 3 N–H and O–H groups in total. The number of nitrogens with one attached hydrogen (secondary N) is 2. The molecule has 7 nitrogen and oxygen atoms in total. The van der Waals surface area contributed by atoms with Gasteiger partial charge in [-0.2, -0.15) is 0 Å². The van der Waals surface area contributed by atoms with E-state index in [1.807, 2.05) is 0 Å². The van der Waals surface area contributed by atoms with Crippen molar-refractivity contribution in [3.05, 3.63) is 64.7 Å². The van der Waals surface area contributed by atoms with Crippen LogP contribution < -0.4 is 10.6 Å². The van der Waals surface area contributed by atoms with Crippen LogP contribution in [0.2, 0.25) is 5.02 Å². The number of benzene rings is 2. The highest BCUT2D eigenvalue weighted by atomic mass is 35.5. The summed E-state index contributed by atoms with van der Waals surface area (Å²) in [6.07, 6.45) is 0.634. The molecule has 1 unspecified atom stereocenters. The lowest BCUT2D eigenvalue weighted by molar-refractivity contribution is -0.137. The zero-order valence-corrected chi connectivity index (χ0v) is 17.0. The van der Waals surface area contributed by atoms with Crippen LogP contribution in [0.4, 0.5) is 5.69 Å². The predicted molar refractivity (Wildman–Crippen MR) is 112 cm³/mol. The predicted octanol–water partition coefficient (Wildman–Crippen LogP) is 2.29. The number of nitrogens with zero attached hydrogens (tertiary/aromatic N) is 1. The topological polar surface area (TPSA) is 98.7 Å². The summed E-state index contributed by atoms with van der Waals surface area (Å²) in [6, 6.07) is 12.8. The summed E-state index contributed by atoms with van der Waals surface area (Å²) in [5.41, 5.74) is 0.552. The molecule has 0 bridgehead atoms. The number of hydrogen-bond acceptors (Lipinski definition) is 4. The second-order valence-electron chi connectivity index (χ2n) is 7.68. The van der Waals surface area contributed by atoms with E-state index in [9.17, 15) is 19.5 Å². The number of piperidine rings is 1.